The quantitative estimate of drug-likeness (QED) is 0.913. The van der Waals surface area contributed by atoms with Crippen LogP contribution in [0.3, 0.4) is 0 Å². The van der Waals surface area contributed by atoms with Crippen molar-refractivity contribution in [3.05, 3.63) is 35.5 Å². The maximum Gasteiger partial charge on any atom is 0.306 e. The van der Waals surface area contributed by atoms with Gasteiger partial charge in [0.2, 0.25) is 5.91 Å². The summed E-state index contributed by atoms with van der Waals surface area (Å²) >= 11 is 0. The van der Waals surface area contributed by atoms with Gasteiger partial charge in [0.25, 0.3) is 0 Å². The zero-order valence-electron chi connectivity index (χ0n) is 12.6. The molecule has 116 valence electrons. The van der Waals surface area contributed by atoms with Crippen molar-refractivity contribution in [2.75, 3.05) is 13.1 Å². The summed E-state index contributed by atoms with van der Waals surface area (Å²) in [7, 11) is 0. The average molecular weight is 300 g/mol. The number of carboxylic acid groups (broad SMARTS) is 1. The SMILES string of the molecule is Cc1cccc2[nH]cc(CC(=O)N3CCC(C(=O)O)CC3)c12. The van der Waals surface area contributed by atoms with Gasteiger partial charge in [-0.2, -0.15) is 0 Å². The standard InChI is InChI=1S/C17H20N2O3/c1-11-3-2-4-14-16(11)13(10-18-14)9-15(20)19-7-5-12(6-8-19)17(21)22/h2-4,10,12,18H,5-9H2,1H3,(H,21,22). The Kier molecular flexibility index (Phi) is 3.88. The van der Waals surface area contributed by atoms with E-state index in [0.29, 0.717) is 32.4 Å². The van der Waals surface area contributed by atoms with Gasteiger partial charge in [0.05, 0.1) is 12.3 Å². The second kappa shape index (κ2) is 5.83. The normalized spacial score (nSPS) is 16.1. The first-order valence-electron chi connectivity index (χ1n) is 7.62. The number of hydrogen-bond acceptors (Lipinski definition) is 2. The van der Waals surface area contributed by atoms with E-state index in [0.717, 1.165) is 22.0 Å². The zero-order chi connectivity index (χ0) is 15.7. The number of aliphatic carboxylic acids is 1. The van der Waals surface area contributed by atoms with Gasteiger partial charge in [0.15, 0.2) is 0 Å². The summed E-state index contributed by atoms with van der Waals surface area (Å²) in [6.45, 7) is 3.12. The molecule has 2 N–H and O–H groups in total. The number of likely N-dealkylation sites (tertiary alicyclic amines) is 1. The topological polar surface area (TPSA) is 73.4 Å². The molecular weight excluding hydrogens is 280 g/mol. The van der Waals surface area contributed by atoms with Crippen LogP contribution in [0.15, 0.2) is 24.4 Å². The van der Waals surface area contributed by atoms with Crippen LogP contribution in [-0.2, 0) is 16.0 Å². The number of rotatable bonds is 3. The fourth-order valence-corrected chi connectivity index (χ4v) is 3.24. The Morgan fingerprint density at radius 2 is 2.05 bits per heavy atom. The van der Waals surface area contributed by atoms with E-state index in [9.17, 15) is 9.59 Å². The molecule has 1 saturated heterocycles. The van der Waals surface area contributed by atoms with Gasteiger partial charge in [-0.3, -0.25) is 9.59 Å². The van der Waals surface area contributed by atoms with Crippen LogP contribution in [0.2, 0.25) is 0 Å². The number of piperidine rings is 1. The molecule has 2 aromatic rings. The molecule has 5 nitrogen and oxygen atoms in total. The lowest BCUT2D eigenvalue weighted by Gasteiger charge is -2.30. The number of nitrogens with one attached hydrogen (secondary N) is 1. The van der Waals surface area contributed by atoms with E-state index in [2.05, 4.69) is 4.98 Å². The van der Waals surface area contributed by atoms with Gasteiger partial charge < -0.3 is 15.0 Å². The highest BCUT2D eigenvalue weighted by atomic mass is 16.4. The number of carboxylic acids is 1. The summed E-state index contributed by atoms with van der Waals surface area (Å²) in [4.78, 5) is 28.4. The molecule has 1 aromatic heterocycles. The van der Waals surface area contributed by atoms with Crippen molar-refractivity contribution in [3.8, 4) is 0 Å². The average Bonchev–Trinajstić information content (AvgIpc) is 2.92. The van der Waals surface area contributed by atoms with Gasteiger partial charge in [-0.15, -0.1) is 0 Å². The number of aryl methyl sites for hydroxylation is 1. The molecule has 1 amide bonds. The van der Waals surface area contributed by atoms with Gasteiger partial charge in [-0.05, 0) is 37.0 Å². The van der Waals surface area contributed by atoms with Gasteiger partial charge >= 0.3 is 5.97 Å². The highest BCUT2D eigenvalue weighted by Gasteiger charge is 2.27. The van der Waals surface area contributed by atoms with Crippen LogP contribution in [-0.4, -0.2) is 40.0 Å². The van der Waals surface area contributed by atoms with Crippen LogP contribution in [0.1, 0.15) is 24.0 Å². The minimum atomic E-state index is -0.751. The number of amides is 1. The molecule has 0 aliphatic carbocycles. The molecular formula is C17H20N2O3. The molecule has 0 atom stereocenters. The third kappa shape index (κ3) is 2.71. The van der Waals surface area contributed by atoms with Crippen molar-refractivity contribution in [1.82, 2.24) is 9.88 Å². The van der Waals surface area contributed by atoms with Crippen molar-refractivity contribution in [1.29, 1.82) is 0 Å². The number of aromatic amines is 1. The van der Waals surface area contributed by atoms with Crippen molar-refractivity contribution >= 4 is 22.8 Å². The molecule has 5 heteroatoms. The smallest absolute Gasteiger partial charge is 0.306 e. The summed E-state index contributed by atoms with van der Waals surface area (Å²) in [5.74, 6) is -0.980. The van der Waals surface area contributed by atoms with Crippen LogP contribution in [0.25, 0.3) is 10.9 Å². The van der Waals surface area contributed by atoms with Gasteiger partial charge in [-0.1, -0.05) is 12.1 Å². The summed E-state index contributed by atoms with van der Waals surface area (Å²) in [6.07, 6.45) is 3.37. The predicted molar refractivity (Wildman–Crippen MR) is 83.7 cm³/mol. The molecule has 0 radical (unpaired) electrons. The minimum absolute atomic E-state index is 0.0768. The number of fused-ring (bicyclic) bond motifs is 1. The second-order valence-corrected chi connectivity index (χ2v) is 5.98. The summed E-state index contributed by atoms with van der Waals surface area (Å²) < 4.78 is 0. The Balaban J connectivity index is 1.70. The summed E-state index contributed by atoms with van der Waals surface area (Å²) in [6, 6.07) is 6.05. The van der Waals surface area contributed by atoms with Gasteiger partial charge in [0, 0.05) is 30.2 Å². The second-order valence-electron chi connectivity index (χ2n) is 5.98. The molecule has 0 spiro atoms. The number of hydrogen-bond donors (Lipinski definition) is 2. The monoisotopic (exact) mass is 300 g/mol. The largest absolute Gasteiger partial charge is 0.481 e. The van der Waals surface area contributed by atoms with Gasteiger partial charge in [-0.25, -0.2) is 0 Å². The predicted octanol–water partition coefficient (Wildman–Crippen LogP) is 2.34. The molecule has 1 aliphatic heterocycles. The molecule has 1 aliphatic rings. The number of carbonyl (C=O) groups is 2. The zero-order valence-corrected chi connectivity index (χ0v) is 12.6. The maximum atomic E-state index is 12.5. The first-order valence-corrected chi connectivity index (χ1v) is 7.62. The van der Waals surface area contributed by atoms with E-state index in [4.69, 9.17) is 5.11 Å². The Bertz CT molecular complexity index is 712. The van der Waals surface area contributed by atoms with E-state index in [1.807, 2.05) is 31.3 Å². The highest BCUT2D eigenvalue weighted by Crippen LogP contribution is 2.24. The van der Waals surface area contributed by atoms with E-state index >= 15 is 0 Å². The maximum absolute atomic E-state index is 12.5. The number of aromatic nitrogens is 1. The number of nitrogens with zero attached hydrogens (tertiary/aromatic N) is 1. The van der Waals surface area contributed by atoms with E-state index < -0.39 is 5.97 Å². The van der Waals surface area contributed by atoms with Crippen molar-refractivity contribution in [2.45, 2.75) is 26.2 Å². The number of benzene rings is 1. The van der Waals surface area contributed by atoms with E-state index in [-0.39, 0.29) is 11.8 Å². The van der Waals surface area contributed by atoms with Crippen molar-refractivity contribution in [3.63, 3.8) is 0 Å². The number of carbonyl (C=O) groups excluding carboxylic acids is 1. The van der Waals surface area contributed by atoms with Crippen LogP contribution in [0.5, 0.6) is 0 Å². The third-order valence-corrected chi connectivity index (χ3v) is 4.53. The third-order valence-electron chi connectivity index (χ3n) is 4.53. The Morgan fingerprint density at radius 1 is 1.32 bits per heavy atom. The highest BCUT2D eigenvalue weighted by molar-refractivity contribution is 5.91. The Labute approximate surface area is 128 Å². The summed E-state index contributed by atoms with van der Waals surface area (Å²) in [5, 5.41) is 10.1. The minimum Gasteiger partial charge on any atom is -0.481 e. The molecule has 1 aromatic carbocycles. The van der Waals surface area contributed by atoms with Crippen molar-refractivity contribution in [2.24, 2.45) is 5.92 Å². The molecule has 2 heterocycles. The molecule has 22 heavy (non-hydrogen) atoms. The lowest BCUT2D eigenvalue weighted by molar-refractivity contribution is -0.145. The first-order chi connectivity index (χ1) is 10.6. The van der Waals surface area contributed by atoms with E-state index in [1.165, 1.54) is 0 Å². The molecule has 0 unspecified atom stereocenters. The van der Waals surface area contributed by atoms with Crippen LogP contribution in [0.4, 0.5) is 0 Å². The van der Waals surface area contributed by atoms with Gasteiger partial charge in [0.1, 0.15) is 0 Å². The Hall–Kier alpha value is -2.30. The molecule has 0 saturated carbocycles. The lowest BCUT2D eigenvalue weighted by Crippen LogP contribution is -2.40. The molecule has 1 fully saturated rings. The molecule has 0 bridgehead atoms. The molecule has 3 rings (SSSR count). The lowest BCUT2D eigenvalue weighted by atomic mass is 9.96. The number of H-pyrrole nitrogens is 1. The fourth-order valence-electron chi connectivity index (χ4n) is 3.24. The van der Waals surface area contributed by atoms with Crippen molar-refractivity contribution < 1.29 is 14.7 Å². The first kappa shape index (κ1) is 14.6. The summed E-state index contributed by atoms with van der Waals surface area (Å²) in [5.41, 5.74) is 3.22. The Morgan fingerprint density at radius 3 is 2.73 bits per heavy atom. The fraction of sp³-hybridized carbons (Fsp3) is 0.412. The van der Waals surface area contributed by atoms with E-state index in [1.54, 1.807) is 4.90 Å². The van der Waals surface area contributed by atoms with Crippen LogP contribution >= 0.6 is 0 Å². The van der Waals surface area contributed by atoms with Crippen LogP contribution < -0.4 is 0 Å². The van der Waals surface area contributed by atoms with Crippen LogP contribution in [0, 0.1) is 12.8 Å².